The van der Waals surface area contributed by atoms with Gasteiger partial charge < -0.3 is 13.6 Å². The number of ether oxygens (including phenoxy) is 1. The number of rotatable bonds is 5. The molecule has 0 spiro atoms. The molecule has 6 nitrogen and oxygen atoms in total. The molecule has 7 heteroatoms. The van der Waals surface area contributed by atoms with Crippen LogP contribution in [0.1, 0.15) is 19.6 Å². The van der Waals surface area contributed by atoms with Crippen molar-refractivity contribution in [3.05, 3.63) is 18.1 Å². The summed E-state index contributed by atoms with van der Waals surface area (Å²) in [4.78, 5) is 11.5. The molecule has 19 heavy (non-hydrogen) atoms. The molecule has 2 heterocycles. The lowest BCUT2D eigenvalue weighted by molar-refractivity contribution is -0.142. The van der Waals surface area contributed by atoms with Crippen molar-refractivity contribution in [2.45, 2.75) is 31.2 Å². The maximum atomic E-state index is 11.5. The molecular weight excluding hydrogens is 268 g/mol. The maximum Gasteiger partial charge on any atom is 0.319 e. The molecule has 0 bridgehead atoms. The number of hydrogen-bond donors (Lipinski definition) is 0. The lowest BCUT2D eigenvalue weighted by Gasteiger charge is -2.06. The van der Waals surface area contributed by atoms with E-state index in [2.05, 4.69) is 10.2 Å². The number of esters is 1. The molecule has 0 saturated heterocycles. The highest BCUT2D eigenvalue weighted by Gasteiger charge is 2.20. The number of carbonyl (C=O) groups is 1. The van der Waals surface area contributed by atoms with Crippen molar-refractivity contribution in [2.24, 2.45) is 0 Å². The number of thioether (sulfide) groups is 1. The third-order valence-electron chi connectivity index (χ3n) is 2.39. The number of aryl methyl sites for hydroxylation is 1. The number of nitrogens with zero attached hydrogens (tertiary/aromatic N) is 2. The Morgan fingerprint density at radius 1 is 1.53 bits per heavy atom. The number of furan rings is 1. The molecule has 0 radical (unpaired) electrons. The Morgan fingerprint density at radius 2 is 2.32 bits per heavy atom. The van der Waals surface area contributed by atoms with Gasteiger partial charge in [0.2, 0.25) is 0 Å². The molecule has 0 fully saturated rings. The lowest BCUT2D eigenvalue weighted by atomic mass is 10.3. The molecule has 0 amide bonds. The Labute approximate surface area is 114 Å². The van der Waals surface area contributed by atoms with Gasteiger partial charge in [0, 0.05) is 0 Å². The summed E-state index contributed by atoms with van der Waals surface area (Å²) in [5.74, 6) is 0.787. The van der Waals surface area contributed by atoms with Crippen molar-refractivity contribution in [3.8, 4) is 11.5 Å². The molecule has 2 aromatic rings. The first-order valence-corrected chi connectivity index (χ1v) is 6.71. The predicted octanol–water partition coefficient (Wildman–Crippen LogP) is 2.68. The predicted molar refractivity (Wildman–Crippen MR) is 68.7 cm³/mol. The number of hydrogen-bond acceptors (Lipinski definition) is 7. The third-order valence-corrected chi connectivity index (χ3v) is 3.30. The van der Waals surface area contributed by atoms with Crippen LogP contribution in [0.25, 0.3) is 11.5 Å². The number of carbonyl (C=O) groups excluding carboxylic acids is 1. The van der Waals surface area contributed by atoms with Crippen LogP contribution in [0.2, 0.25) is 0 Å². The molecule has 0 saturated carbocycles. The van der Waals surface area contributed by atoms with Crippen LogP contribution in [0, 0.1) is 6.92 Å². The van der Waals surface area contributed by atoms with Crippen molar-refractivity contribution >= 4 is 17.7 Å². The molecule has 0 aliphatic carbocycles. The summed E-state index contributed by atoms with van der Waals surface area (Å²) in [6, 6.07) is 1.76. The fraction of sp³-hybridized carbons (Fsp3) is 0.417. The van der Waals surface area contributed by atoms with E-state index in [1.54, 1.807) is 26.2 Å². The number of aromatic nitrogens is 2. The van der Waals surface area contributed by atoms with E-state index in [9.17, 15) is 4.79 Å². The molecule has 0 aliphatic rings. The Bertz CT molecular complexity index is 564. The first-order chi connectivity index (χ1) is 9.11. The molecule has 102 valence electrons. The van der Waals surface area contributed by atoms with Crippen molar-refractivity contribution < 1.29 is 18.4 Å². The summed E-state index contributed by atoms with van der Waals surface area (Å²) < 4.78 is 15.6. The smallest absolute Gasteiger partial charge is 0.319 e. The second-order valence-electron chi connectivity index (χ2n) is 3.78. The molecule has 0 aromatic carbocycles. The first-order valence-electron chi connectivity index (χ1n) is 5.83. The van der Waals surface area contributed by atoms with Gasteiger partial charge in [0.05, 0.1) is 18.4 Å². The minimum absolute atomic E-state index is 0.299. The van der Waals surface area contributed by atoms with Gasteiger partial charge in [-0.1, -0.05) is 11.8 Å². The average molecular weight is 282 g/mol. The molecule has 1 atom stereocenters. The Kier molecular flexibility index (Phi) is 4.26. The van der Waals surface area contributed by atoms with Crippen molar-refractivity contribution in [1.29, 1.82) is 0 Å². The summed E-state index contributed by atoms with van der Waals surface area (Å²) >= 11 is 1.17. The van der Waals surface area contributed by atoms with E-state index in [1.165, 1.54) is 11.8 Å². The Balaban J connectivity index is 2.06. The van der Waals surface area contributed by atoms with E-state index in [4.69, 9.17) is 13.6 Å². The van der Waals surface area contributed by atoms with Crippen molar-refractivity contribution in [3.63, 3.8) is 0 Å². The zero-order chi connectivity index (χ0) is 13.8. The zero-order valence-electron chi connectivity index (χ0n) is 10.9. The van der Waals surface area contributed by atoms with E-state index in [1.807, 2.05) is 6.92 Å². The van der Waals surface area contributed by atoms with E-state index < -0.39 is 5.25 Å². The minimum Gasteiger partial charge on any atom is -0.469 e. The lowest BCUT2D eigenvalue weighted by Crippen LogP contribution is -2.16. The van der Waals surface area contributed by atoms with E-state index in [0.717, 1.165) is 5.56 Å². The quantitative estimate of drug-likeness (QED) is 0.616. The largest absolute Gasteiger partial charge is 0.469 e. The standard InChI is InChI=1S/C12H14N2O4S/c1-4-16-11(15)8(3)19-12-14-13-10(18-12)9-5-6-17-7(9)2/h5-6,8H,4H2,1-3H3/t8-/m0/s1. The Morgan fingerprint density at radius 3 is 2.95 bits per heavy atom. The van der Waals surface area contributed by atoms with E-state index in [-0.39, 0.29) is 5.97 Å². The Hall–Kier alpha value is -1.76. The summed E-state index contributed by atoms with van der Waals surface area (Å²) in [5.41, 5.74) is 0.753. The van der Waals surface area contributed by atoms with Gasteiger partial charge in [-0.25, -0.2) is 0 Å². The fourth-order valence-electron chi connectivity index (χ4n) is 1.43. The van der Waals surface area contributed by atoms with Crippen molar-refractivity contribution in [1.82, 2.24) is 10.2 Å². The van der Waals surface area contributed by atoms with Gasteiger partial charge in [0.1, 0.15) is 11.0 Å². The molecule has 0 unspecified atom stereocenters. The van der Waals surface area contributed by atoms with Crippen LogP contribution in [-0.2, 0) is 9.53 Å². The van der Waals surface area contributed by atoms with Gasteiger partial charge in [-0.05, 0) is 26.8 Å². The zero-order valence-corrected chi connectivity index (χ0v) is 11.7. The first kappa shape index (κ1) is 13.7. The van der Waals surface area contributed by atoms with Crippen LogP contribution in [0.15, 0.2) is 26.4 Å². The monoisotopic (exact) mass is 282 g/mol. The van der Waals surface area contributed by atoms with Gasteiger partial charge in [-0.2, -0.15) is 0 Å². The van der Waals surface area contributed by atoms with Gasteiger partial charge in [-0.3, -0.25) is 4.79 Å². The van der Waals surface area contributed by atoms with Crippen LogP contribution < -0.4 is 0 Å². The molecule has 2 rings (SSSR count). The van der Waals surface area contributed by atoms with Gasteiger partial charge >= 0.3 is 5.97 Å². The highest BCUT2D eigenvalue weighted by molar-refractivity contribution is 8.00. The van der Waals surface area contributed by atoms with E-state index >= 15 is 0 Å². The molecule has 2 aromatic heterocycles. The SMILES string of the molecule is CCOC(=O)[C@H](C)Sc1nnc(-c2ccoc2C)o1. The van der Waals surface area contributed by atoms with Crippen LogP contribution in [0.4, 0.5) is 0 Å². The van der Waals surface area contributed by atoms with E-state index in [0.29, 0.717) is 23.5 Å². The average Bonchev–Trinajstić information content (AvgIpc) is 2.98. The minimum atomic E-state index is -0.390. The summed E-state index contributed by atoms with van der Waals surface area (Å²) in [6.45, 7) is 5.66. The van der Waals surface area contributed by atoms with Gasteiger partial charge in [0.25, 0.3) is 11.1 Å². The molecular formula is C12H14N2O4S. The highest BCUT2D eigenvalue weighted by Crippen LogP contribution is 2.28. The van der Waals surface area contributed by atoms with Crippen LogP contribution >= 0.6 is 11.8 Å². The normalized spacial score (nSPS) is 12.4. The van der Waals surface area contributed by atoms with Crippen LogP contribution in [-0.4, -0.2) is 28.0 Å². The van der Waals surface area contributed by atoms with Crippen molar-refractivity contribution in [2.75, 3.05) is 6.61 Å². The molecule has 0 aliphatic heterocycles. The summed E-state index contributed by atoms with van der Waals surface area (Å²) in [6.07, 6.45) is 1.56. The van der Waals surface area contributed by atoms with Gasteiger partial charge in [0.15, 0.2) is 0 Å². The maximum absolute atomic E-state index is 11.5. The summed E-state index contributed by atoms with van der Waals surface area (Å²) in [5, 5.41) is 7.76. The second-order valence-corrected chi connectivity index (χ2v) is 5.07. The van der Waals surface area contributed by atoms with Crippen LogP contribution in [0.3, 0.4) is 0 Å². The fourth-order valence-corrected chi connectivity index (χ4v) is 2.11. The molecule has 0 N–H and O–H groups in total. The third kappa shape index (κ3) is 3.17. The summed E-state index contributed by atoms with van der Waals surface area (Å²) in [7, 11) is 0. The van der Waals surface area contributed by atoms with Crippen LogP contribution in [0.5, 0.6) is 0 Å². The van der Waals surface area contributed by atoms with Gasteiger partial charge in [-0.15, -0.1) is 10.2 Å². The topological polar surface area (TPSA) is 78.4 Å². The highest BCUT2D eigenvalue weighted by atomic mass is 32.2. The second kappa shape index (κ2) is 5.92.